The molecule has 0 aliphatic rings. The second kappa shape index (κ2) is 4.65. The molecule has 0 saturated carbocycles. The van der Waals surface area contributed by atoms with Gasteiger partial charge in [-0.15, -0.1) is 0 Å². The maximum absolute atomic E-state index is 10.6. The maximum atomic E-state index is 10.6. The molecule has 10 heavy (non-hydrogen) atoms. The predicted octanol–water partition coefficient (Wildman–Crippen LogP) is -0.298. The van der Waals surface area contributed by atoms with Crippen LogP contribution in [0.2, 0.25) is 0 Å². The highest BCUT2D eigenvalue weighted by atomic mass is 32.2. The van der Waals surface area contributed by atoms with Crippen molar-refractivity contribution >= 4 is 10.1 Å². The molecule has 0 fully saturated rings. The molecular formula is C5H13NO3S. The number of rotatable bonds is 5. The van der Waals surface area contributed by atoms with Crippen LogP contribution in [0.4, 0.5) is 0 Å². The van der Waals surface area contributed by atoms with E-state index in [4.69, 9.17) is 5.73 Å². The van der Waals surface area contributed by atoms with Crippen LogP contribution in [-0.2, 0) is 14.3 Å². The highest BCUT2D eigenvalue weighted by Gasteiger charge is 2.05. The summed E-state index contributed by atoms with van der Waals surface area (Å²) >= 11 is 0. The standard InChI is InChI=1S/C5H13NO3S/c1-9-10(7,8)5-3-2-4-6/h2-6H2,1H3. The number of nitrogens with two attached hydrogens (primary N) is 1. The molecule has 0 atom stereocenters. The summed E-state index contributed by atoms with van der Waals surface area (Å²) in [5.74, 6) is 0.0701. The third-order valence-corrected chi connectivity index (χ3v) is 2.40. The molecule has 0 aliphatic heterocycles. The topological polar surface area (TPSA) is 69.4 Å². The molecule has 0 aliphatic carbocycles. The van der Waals surface area contributed by atoms with Crippen LogP contribution in [0.3, 0.4) is 0 Å². The number of unbranched alkanes of at least 4 members (excludes halogenated alkanes) is 1. The highest BCUT2D eigenvalue weighted by Crippen LogP contribution is 1.95. The molecule has 0 amide bonds. The summed E-state index contributed by atoms with van der Waals surface area (Å²) in [4.78, 5) is 0. The van der Waals surface area contributed by atoms with E-state index >= 15 is 0 Å². The Morgan fingerprint density at radius 3 is 2.40 bits per heavy atom. The normalized spacial score (nSPS) is 11.8. The van der Waals surface area contributed by atoms with Crippen LogP contribution in [-0.4, -0.2) is 27.8 Å². The molecule has 0 unspecified atom stereocenters. The van der Waals surface area contributed by atoms with Gasteiger partial charge >= 0.3 is 0 Å². The van der Waals surface area contributed by atoms with Crippen LogP contribution in [0.15, 0.2) is 0 Å². The zero-order chi connectivity index (χ0) is 8.04. The number of hydrogen-bond acceptors (Lipinski definition) is 4. The van der Waals surface area contributed by atoms with E-state index in [1.54, 1.807) is 0 Å². The van der Waals surface area contributed by atoms with Crippen molar-refractivity contribution in [1.82, 2.24) is 0 Å². The van der Waals surface area contributed by atoms with Crippen LogP contribution in [0, 0.1) is 0 Å². The molecule has 0 radical (unpaired) electrons. The smallest absolute Gasteiger partial charge is 0.267 e. The van der Waals surface area contributed by atoms with Gasteiger partial charge < -0.3 is 5.73 Å². The Bertz CT molecular complexity index is 164. The van der Waals surface area contributed by atoms with Crippen molar-refractivity contribution in [2.24, 2.45) is 5.73 Å². The van der Waals surface area contributed by atoms with Gasteiger partial charge in [-0.05, 0) is 19.4 Å². The largest absolute Gasteiger partial charge is 0.330 e. The van der Waals surface area contributed by atoms with Gasteiger partial charge in [0.1, 0.15) is 0 Å². The minimum Gasteiger partial charge on any atom is -0.330 e. The molecule has 0 aromatic heterocycles. The van der Waals surface area contributed by atoms with Gasteiger partial charge in [0, 0.05) is 0 Å². The molecule has 0 rings (SSSR count). The summed E-state index contributed by atoms with van der Waals surface area (Å²) in [6.07, 6.45) is 1.30. The lowest BCUT2D eigenvalue weighted by atomic mass is 10.3. The SMILES string of the molecule is COS(=O)(=O)CCCCN. The summed E-state index contributed by atoms with van der Waals surface area (Å²) in [7, 11) is -2.08. The summed E-state index contributed by atoms with van der Waals surface area (Å²) in [6.45, 7) is 0.527. The van der Waals surface area contributed by atoms with E-state index in [9.17, 15) is 8.42 Å². The summed E-state index contributed by atoms with van der Waals surface area (Å²) in [5.41, 5.74) is 5.16. The zero-order valence-corrected chi connectivity index (χ0v) is 6.86. The molecule has 0 aromatic rings. The van der Waals surface area contributed by atoms with Crippen LogP contribution in [0.5, 0.6) is 0 Å². The Hall–Kier alpha value is -0.130. The molecule has 0 heterocycles. The second-order valence-corrected chi connectivity index (χ2v) is 3.78. The van der Waals surface area contributed by atoms with Crippen LogP contribution in [0.25, 0.3) is 0 Å². The fraction of sp³-hybridized carbons (Fsp3) is 1.00. The van der Waals surface area contributed by atoms with Crippen LogP contribution < -0.4 is 5.73 Å². The van der Waals surface area contributed by atoms with E-state index in [0.717, 1.165) is 13.5 Å². The van der Waals surface area contributed by atoms with Gasteiger partial charge in [-0.3, -0.25) is 4.18 Å². The first-order valence-corrected chi connectivity index (χ1v) is 4.68. The van der Waals surface area contributed by atoms with Gasteiger partial charge in [-0.2, -0.15) is 8.42 Å². The molecule has 0 spiro atoms. The second-order valence-electron chi connectivity index (χ2n) is 1.92. The fourth-order valence-electron chi connectivity index (χ4n) is 0.507. The van der Waals surface area contributed by atoms with Crippen LogP contribution in [0.1, 0.15) is 12.8 Å². The van der Waals surface area contributed by atoms with Gasteiger partial charge in [0.25, 0.3) is 10.1 Å². The molecule has 4 nitrogen and oxygen atoms in total. The molecular weight excluding hydrogens is 154 g/mol. The minimum atomic E-state index is -3.25. The van der Waals surface area contributed by atoms with Gasteiger partial charge in [0.2, 0.25) is 0 Å². The van der Waals surface area contributed by atoms with E-state index in [-0.39, 0.29) is 5.75 Å². The Morgan fingerprint density at radius 2 is 2.00 bits per heavy atom. The summed E-state index contributed by atoms with van der Waals surface area (Å²) in [5, 5.41) is 0. The first kappa shape index (κ1) is 9.87. The Labute approximate surface area is 61.5 Å². The van der Waals surface area contributed by atoms with Gasteiger partial charge in [0.05, 0.1) is 12.9 Å². The lowest BCUT2D eigenvalue weighted by molar-refractivity contribution is 0.396. The predicted molar refractivity (Wildman–Crippen MR) is 39.1 cm³/mol. The van der Waals surface area contributed by atoms with Crippen molar-refractivity contribution < 1.29 is 12.6 Å². The fourth-order valence-corrected chi connectivity index (χ4v) is 1.23. The Kier molecular flexibility index (Phi) is 4.59. The van der Waals surface area contributed by atoms with Crippen molar-refractivity contribution in [3.8, 4) is 0 Å². The third-order valence-electron chi connectivity index (χ3n) is 1.10. The van der Waals surface area contributed by atoms with E-state index in [0.29, 0.717) is 13.0 Å². The Morgan fingerprint density at radius 1 is 1.40 bits per heavy atom. The Balaban J connectivity index is 3.49. The van der Waals surface area contributed by atoms with E-state index in [1.165, 1.54) is 0 Å². The van der Waals surface area contributed by atoms with Gasteiger partial charge in [-0.25, -0.2) is 0 Å². The van der Waals surface area contributed by atoms with Crippen molar-refractivity contribution in [3.63, 3.8) is 0 Å². The first-order chi connectivity index (χ1) is 4.62. The van der Waals surface area contributed by atoms with E-state index in [1.807, 2.05) is 0 Å². The summed E-state index contributed by atoms with van der Waals surface area (Å²) in [6, 6.07) is 0. The molecule has 62 valence electrons. The maximum Gasteiger partial charge on any atom is 0.267 e. The van der Waals surface area contributed by atoms with E-state index < -0.39 is 10.1 Å². The average molecular weight is 167 g/mol. The van der Waals surface area contributed by atoms with Crippen molar-refractivity contribution in [2.45, 2.75) is 12.8 Å². The molecule has 0 bridgehead atoms. The number of hydrogen-bond donors (Lipinski definition) is 1. The summed E-state index contributed by atoms with van der Waals surface area (Å²) < 4.78 is 25.4. The molecule has 0 saturated heterocycles. The van der Waals surface area contributed by atoms with E-state index in [2.05, 4.69) is 4.18 Å². The van der Waals surface area contributed by atoms with Crippen LogP contribution >= 0.6 is 0 Å². The molecule has 0 aromatic carbocycles. The van der Waals surface area contributed by atoms with Crippen molar-refractivity contribution in [1.29, 1.82) is 0 Å². The highest BCUT2D eigenvalue weighted by molar-refractivity contribution is 7.86. The lowest BCUT2D eigenvalue weighted by Gasteiger charge is -1.98. The zero-order valence-electron chi connectivity index (χ0n) is 6.04. The van der Waals surface area contributed by atoms with Gasteiger partial charge in [-0.1, -0.05) is 0 Å². The first-order valence-electron chi connectivity index (χ1n) is 3.11. The van der Waals surface area contributed by atoms with Gasteiger partial charge in [0.15, 0.2) is 0 Å². The quantitative estimate of drug-likeness (QED) is 0.451. The third kappa shape index (κ3) is 4.72. The average Bonchev–Trinajstić information content (AvgIpc) is 1.89. The monoisotopic (exact) mass is 167 g/mol. The molecule has 5 heteroatoms. The van der Waals surface area contributed by atoms with Crippen molar-refractivity contribution in [2.75, 3.05) is 19.4 Å². The van der Waals surface area contributed by atoms with Crippen molar-refractivity contribution in [3.05, 3.63) is 0 Å². The molecule has 2 N–H and O–H groups in total. The minimum absolute atomic E-state index is 0.0701. The lowest BCUT2D eigenvalue weighted by Crippen LogP contribution is -2.09.